The fourth-order valence-electron chi connectivity index (χ4n) is 3.50. The Morgan fingerprint density at radius 1 is 1.32 bits per heavy atom. The minimum atomic E-state index is -0.114. The summed E-state index contributed by atoms with van der Waals surface area (Å²) in [4.78, 5) is 18.4. The molecule has 0 saturated carbocycles. The van der Waals surface area contributed by atoms with Gasteiger partial charge in [-0.05, 0) is 43.2 Å². The van der Waals surface area contributed by atoms with Crippen molar-refractivity contribution in [1.29, 1.82) is 0 Å². The molecule has 2 aromatic rings. The zero-order valence-electron chi connectivity index (χ0n) is 14.6. The number of nitrogens with zero attached hydrogens (tertiary/aromatic N) is 4. The summed E-state index contributed by atoms with van der Waals surface area (Å²) in [5.74, 6) is 0.533. The Morgan fingerprint density at radius 3 is 2.76 bits per heavy atom. The summed E-state index contributed by atoms with van der Waals surface area (Å²) in [5.41, 5.74) is 0.794. The van der Waals surface area contributed by atoms with Crippen LogP contribution in [-0.4, -0.2) is 38.7 Å². The van der Waals surface area contributed by atoms with Crippen LogP contribution in [0.1, 0.15) is 31.7 Å². The summed E-state index contributed by atoms with van der Waals surface area (Å²) in [5, 5.41) is 4.06. The number of likely N-dealkylation sites (tertiary alicyclic amines) is 1. The van der Waals surface area contributed by atoms with Crippen LogP contribution < -0.4 is 0 Å². The molecule has 0 unspecified atom stereocenters. The number of aryl methyl sites for hydroxylation is 1. The summed E-state index contributed by atoms with van der Waals surface area (Å²) in [7, 11) is 0. The SMILES string of the molecule is C[C@@H](Cn1cncn1)C(=O)N1CCC(CCc2ccccc2F)CC1. The van der Waals surface area contributed by atoms with Crippen LogP contribution in [0.15, 0.2) is 36.9 Å². The molecule has 1 aromatic carbocycles. The van der Waals surface area contributed by atoms with E-state index in [9.17, 15) is 9.18 Å². The van der Waals surface area contributed by atoms with Crippen molar-refractivity contribution in [2.45, 2.75) is 39.2 Å². The maximum absolute atomic E-state index is 13.7. The van der Waals surface area contributed by atoms with Crippen LogP contribution in [-0.2, 0) is 17.8 Å². The molecule has 1 aliphatic heterocycles. The average Bonchev–Trinajstić information content (AvgIpc) is 3.14. The third-order valence-electron chi connectivity index (χ3n) is 5.06. The van der Waals surface area contributed by atoms with Crippen molar-refractivity contribution in [2.24, 2.45) is 11.8 Å². The Morgan fingerprint density at radius 2 is 2.08 bits per heavy atom. The molecule has 0 aliphatic carbocycles. The second kappa shape index (κ2) is 8.23. The largest absolute Gasteiger partial charge is 0.342 e. The Labute approximate surface area is 147 Å². The van der Waals surface area contributed by atoms with Crippen LogP contribution in [0.3, 0.4) is 0 Å². The molecule has 2 heterocycles. The van der Waals surface area contributed by atoms with Gasteiger partial charge in [0.15, 0.2) is 0 Å². The molecule has 25 heavy (non-hydrogen) atoms. The molecule has 6 heteroatoms. The van der Waals surface area contributed by atoms with Crippen molar-refractivity contribution >= 4 is 5.91 Å². The van der Waals surface area contributed by atoms with Crippen molar-refractivity contribution in [1.82, 2.24) is 19.7 Å². The Kier molecular flexibility index (Phi) is 5.79. The molecule has 1 amide bonds. The first-order valence-corrected chi connectivity index (χ1v) is 8.98. The Balaban J connectivity index is 1.43. The molecule has 1 fully saturated rings. The second-order valence-corrected chi connectivity index (χ2v) is 6.92. The van der Waals surface area contributed by atoms with E-state index in [4.69, 9.17) is 0 Å². The first kappa shape index (κ1) is 17.6. The molecule has 3 rings (SSSR count). The van der Waals surface area contributed by atoms with E-state index in [2.05, 4.69) is 10.1 Å². The van der Waals surface area contributed by atoms with Gasteiger partial charge in [0, 0.05) is 13.1 Å². The van der Waals surface area contributed by atoms with E-state index < -0.39 is 0 Å². The normalized spacial score (nSPS) is 16.8. The number of piperidine rings is 1. The van der Waals surface area contributed by atoms with Crippen LogP contribution in [0.5, 0.6) is 0 Å². The van der Waals surface area contributed by atoms with Crippen LogP contribution >= 0.6 is 0 Å². The van der Waals surface area contributed by atoms with Crippen molar-refractivity contribution in [3.05, 3.63) is 48.3 Å². The lowest BCUT2D eigenvalue weighted by atomic mass is 9.90. The Hall–Kier alpha value is -2.24. The highest BCUT2D eigenvalue weighted by atomic mass is 19.1. The number of rotatable bonds is 6. The number of benzene rings is 1. The van der Waals surface area contributed by atoms with E-state index in [-0.39, 0.29) is 17.6 Å². The topological polar surface area (TPSA) is 51.0 Å². The second-order valence-electron chi connectivity index (χ2n) is 6.92. The molecule has 5 nitrogen and oxygen atoms in total. The third-order valence-corrected chi connectivity index (χ3v) is 5.06. The van der Waals surface area contributed by atoms with Gasteiger partial charge in [-0.25, -0.2) is 9.37 Å². The van der Waals surface area contributed by atoms with Gasteiger partial charge in [-0.1, -0.05) is 25.1 Å². The van der Waals surface area contributed by atoms with E-state index in [1.807, 2.05) is 24.0 Å². The predicted molar refractivity (Wildman–Crippen MR) is 93.2 cm³/mol. The van der Waals surface area contributed by atoms with Gasteiger partial charge in [0.1, 0.15) is 18.5 Å². The molecule has 0 spiro atoms. The average molecular weight is 344 g/mol. The van der Waals surface area contributed by atoms with E-state index >= 15 is 0 Å². The minimum Gasteiger partial charge on any atom is -0.342 e. The van der Waals surface area contributed by atoms with Gasteiger partial charge in [-0.3, -0.25) is 9.48 Å². The summed E-state index contributed by atoms with van der Waals surface area (Å²) < 4.78 is 15.4. The fraction of sp³-hybridized carbons (Fsp3) is 0.526. The monoisotopic (exact) mass is 344 g/mol. The highest BCUT2D eigenvalue weighted by Crippen LogP contribution is 2.24. The van der Waals surface area contributed by atoms with Gasteiger partial charge < -0.3 is 4.90 Å². The molecule has 0 radical (unpaired) electrons. The first-order chi connectivity index (χ1) is 12.1. The number of amides is 1. The predicted octanol–water partition coefficient (Wildman–Crippen LogP) is 2.92. The van der Waals surface area contributed by atoms with Crippen molar-refractivity contribution < 1.29 is 9.18 Å². The van der Waals surface area contributed by atoms with Gasteiger partial charge in [0.25, 0.3) is 0 Å². The first-order valence-electron chi connectivity index (χ1n) is 8.98. The van der Waals surface area contributed by atoms with E-state index in [1.165, 1.54) is 12.4 Å². The van der Waals surface area contributed by atoms with Crippen LogP contribution in [0.4, 0.5) is 4.39 Å². The van der Waals surface area contributed by atoms with Gasteiger partial charge in [0.2, 0.25) is 5.91 Å². The molecule has 134 valence electrons. The summed E-state index contributed by atoms with van der Waals surface area (Å²) in [6, 6.07) is 6.99. The summed E-state index contributed by atoms with van der Waals surface area (Å²) >= 11 is 0. The highest BCUT2D eigenvalue weighted by Gasteiger charge is 2.26. The van der Waals surface area contributed by atoms with E-state index in [0.717, 1.165) is 44.3 Å². The maximum Gasteiger partial charge on any atom is 0.227 e. The minimum absolute atomic E-state index is 0.100. The molecular weight excluding hydrogens is 319 g/mol. The molecule has 1 aromatic heterocycles. The lowest BCUT2D eigenvalue weighted by Crippen LogP contribution is -2.42. The summed E-state index contributed by atoms with van der Waals surface area (Å²) in [6.45, 7) is 4.09. The van der Waals surface area contributed by atoms with Crippen LogP contribution in [0.25, 0.3) is 0 Å². The summed E-state index contributed by atoms with van der Waals surface area (Å²) in [6.07, 6.45) is 6.87. The number of hydrogen-bond donors (Lipinski definition) is 0. The van der Waals surface area contributed by atoms with Gasteiger partial charge in [-0.2, -0.15) is 5.10 Å². The van der Waals surface area contributed by atoms with E-state index in [1.54, 1.807) is 17.1 Å². The third kappa shape index (κ3) is 4.65. The standard InChI is InChI=1S/C19H25FN4O/c1-15(12-24-14-21-13-22-24)19(25)23-10-8-16(9-11-23)6-7-17-4-2-3-5-18(17)20/h2-5,13-16H,6-12H2,1H3/t15-/m0/s1. The quantitative estimate of drug-likeness (QED) is 0.810. The lowest BCUT2D eigenvalue weighted by Gasteiger charge is -2.33. The maximum atomic E-state index is 13.7. The number of carbonyl (C=O) groups is 1. The van der Waals surface area contributed by atoms with E-state index in [0.29, 0.717) is 12.5 Å². The zero-order valence-corrected chi connectivity index (χ0v) is 14.6. The molecule has 0 N–H and O–H groups in total. The molecular formula is C19H25FN4O. The van der Waals surface area contributed by atoms with Crippen LogP contribution in [0, 0.1) is 17.7 Å². The molecule has 1 aliphatic rings. The van der Waals surface area contributed by atoms with Gasteiger partial charge >= 0.3 is 0 Å². The number of hydrogen-bond acceptors (Lipinski definition) is 3. The van der Waals surface area contributed by atoms with Crippen molar-refractivity contribution in [2.75, 3.05) is 13.1 Å². The van der Waals surface area contributed by atoms with Gasteiger partial charge in [-0.15, -0.1) is 0 Å². The van der Waals surface area contributed by atoms with Crippen LogP contribution in [0.2, 0.25) is 0 Å². The molecule has 1 saturated heterocycles. The number of aromatic nitrogens is 3. The highest BCUT2D eigenvalue weighted by molar-refractivity contribution is 5.78. The molecule has 0 bridgehead atoms. The van der Waals surface area contributed by atoms with Crippen molar-refractivity contribution in [3.63, 3.8) is 0 Å². The smallest absolute Gasteiger partial charge is 0.227 e. The number of carbonyl (C=O) groups excluding carboxylic acids is 1. The Bertz CT molecular complexity index is 680. The lowest BCUT2D eigenvalue weighted by molar-refractivity contribution is -0.136. The van der Waals surface area contributed by atoms with Crippen molar-refractivity contribution in [3.8, 4) is 0 Å². The molecule has 1 atom stereocenters. The zero-order chi connectivity index (χ0) is 17.6. The fourth-order valence-corrected chi connectivity index (χ4v) is 3.50. The number of halogens is 1. The van der Waals surface area contributed by atoms with Gasteiger partial charge in [0.05, 0.1) is 12.5 Å².